The molecule has 2 amide bonds. The average molecular weight is 377 g/mol. The first-order valence-electron chi connectivity index (χ1n) is 8.03. The zero-order valence-corrected chi connectivity index (χ0v) is 14.5. The van der Waals surface area contributed by atoms with E-state index in [2.05, 4.69) is 5.32 Å². The molecule has 1 saturated heterocycles. The molecule has 0 spiro atoms. The lowest BCUT2D eigenvalue weighted by Crippen LogP contribution is -2.41. The Bertz CT molecular complexity index is 833. The molecule has 0 aliphatic carbocycles. The molecule has 26 heavy (non-hydrogen) atoms. The predicted molar refractivity (Wildman–Crippen MR) is 94.6 cm³/mol. The van der Waals surface area contributed by atoms with E-state index in [1.54, 1.807) is 11.0 Å². The molecule has 7 nitrogen and oxygen atoms in total. The van der Waals surface area contributed by atoms with Crippen molar-refractivity contribution in [1.29, 1.82) is 0 Å². The molecule has 0 bridgehead atoms. The van der Waals surface area contributed by atoms with Crippen LogP contribution in [0, 0.1) is 21.8 Å². The van der Waals surface area contributed by atoms with Crippen LogP contribution in [0.4, 0.5) is 15.8 Å². The van der Waals surface area contributed by atoms with E-state index in [-0.39, 0.29) is 23.2 Å². The van der Waals surface area contributed by atoms with Gasteiger partial charge in [-0.2, -0.15) is 0 Å². The Morgan fingerprint density at radius 2 is 2.00 bits per heavy atom. The van der Waals surface area contributed by atoms with Gasteiger partial charge in [0.1, 0.15) is 5.82 Å². The van der Waals surface area contributed by atoms with E-state index in [1.165, 1.54) is 11.3 Å². The van der Waals surface area contributed by atoms with Gasteiger partial charge < -0.3 is 10.2 Å². The van der Waals surface area contributed by atoms with Crippen LogP contribution in [0.5, 0.6) is 0 Å². The summed E-state index contributed by atoms with van der Waals surface area (Å²) in [5.74, 6) is -1.55. The van der Waals surface area contributed by atoms with Crippen LogP contribution >= 0.6 is 11.3 Å². The van der Waals surface area contributed by atoms with Crippen molar-refractivity contribution in [3.8, 4) is 0 Å². The number of nitrogens with one attached hydrogen (secondary N) is 1. The Morgan fingerprint density at radius 3 is 2.62 bits per heavy atom. The van der Waals surface area contributed by atoms with Crippen molar-refractivity contribution >= 4 is 34.5 Å². The van der Waals surface area contributed by atoms with Crippen molar-refractivity contribution in [2.75, 3.05) is 18.4 Å². The number of hydrogen-bond acceptors (Lipinski definition) is 5. The minimum Gasteiger partial charge on any atom is -0.338 e. The highest BCUT2D eigenvalue weighted by Crippen LogP contribution is 2.25. The minimum atomic E-state index is -0.728. The highest BCUT2D eigenvalue weighted by atomic mass is 32.1. The lowest BCUT2D eigenvalue weighted by Gasteiger charge is -2.31. The molecule has 136 valence electrons. The molecule has 1 N–H and O–H groups in total. The highest BCUT2D eigenvalue weighted by Gasteiger charge is 2.28. The summed E-state index contributed by atoms with van der Waals surface area (Å²) in [6.07, 6.45) is 0.916. The zero-order chi connectivity index (χ0) is 18.7. The van der Waals surface area contributed by atoms with Gasteiger partial charge in [0, 0.05) is 31.1 Å². The van der Waals surface area contributed by atoms with Crippen LogP contribution in [0.2, 0.25) is 0 Å². The molecule has 2 heterocycles. The smallest absolute Gasteiger partial charge is 0.271 e. The fraction of sp³-hybridized carbons (Fsp3) is 0.294. The molecule has 1 aromatic heterocycles. The van der Waals surface area contributed by atoms with Gasteiger partial charge in [0.05, 0.1) is 15.5 Å². The Labute approximate surface area is 152 Å². The molecular formula is C17H16FN3O4S. The normalized spacial score (nSPS) is 14.9. The first-order chi connectivity index (χ1) is 12.5. The number of rotatable bonds is 4. The summed E-state index contributed by atoms with van der Waals surface area (Å²) in [7, 11) is 0. The number of nitrogens with zero attached hydrogens (tertiary/aromatic N) is 2. The second kappa shape index (κ2) is 7.61. The van der Waals surface area contributed by atoms with Crippen molar-refractivity contribution in [1.82, 2.24) is 4.90 Å². The van der Waals surface area contributed by atoms with Gasteiger partial charge in [0.15, 0.2) is 0 Å². The van der Waals surface area contributed by atoms with Gasteiger partial charge in [0.25, 0.3) is 11.6 Å². The maximum absolute atomic E-state index is 13.8. The molecule has 0 radical (unpaired) electrons. The number of nitro benzene ring substituents is 1. The molecule has 1 fully saturated rings. The lowest BCUT2D eigenvalue weighted by molar-refractivity contribution is -0.384. The van der Waals surface area contributed by atoms with Crippen LogP contribution in [-0.2, 0) is 4.79 Å². The number of carbonyl (C=O) groups is 2. The third-order valence-corrected chi connectivity index (χ3v) is 5.16. The Balaban J connectivity index is 1.60. The monoisotopic (exact) mass is 377 g/mol. The summed E-state index contributed by atoms with van der Waals surface area (Å²) in [6.45, 7) is 0.873. The quantitative estimate of drug-likeness (QED) is 0.654. The third-order valence-electron chi connectivity index (χ3n) is 4.30. The Hall–Kier alpha value is -2.81. The summed E-state index contributed by atoms with van der Waals surface area (Å²) in [4.78, 5) is 37.1. The Morgan fingerprint density at radius 1 is 1.27 bits per heavy atom. The van der Waals surface area contributed by atoms with Gasteiger partial charge >= 0.3 is 0 Å². The van der Waals surface area contributed by atoms with E-state index < -0.39 is 16.6 Å². The molecule has 0 atom stereocenters. The van der Waals surface area contributed by atoms with E-state index in [0.29, 0.717) is 30.8 Å². The summed E-state index contributed by atoms with van der Waals surface area (Å²) in [5, 5.41) is 15.0. The van der Waals surface area contributed by atoms with E-state index in [1.807, 2.05) is 11.4 Å². The van der Waals surface area contributed by atoms with Crippen LogP contribution in [0.1, 0.15) is 22.5 Å². The standard InChI is InChI=1S/C17H16FN3O4S/c18-13-4-3-12(21(24)25)10-14(13)19-16(22)11-5-7-20(8-6-11)17(23)15-2-1-9-26-15/h1-4,9-11H,5-8H2,(H,19,22). The summed E-state index contributed by atoms with van der Waals surface area (Å²) < 4.78 is 13.8. The lowest BCUT2D eigenvalue weighted by atomic mass is 9.95. The number of hydrogen-bond donors (Lipinski definition) is 1. The number of non-ortho nitro benzene ring substituents is 1. The minimum absolute atomic E-state index is 0.0522. The maximum atomic E-state index is 13.8. The number of amides is 2. The van der Waals surface area contributed by atoms with Gasteiger partial charge in [-0.15, -0.1) is 11.3 Å². The van der Waals surface area contributed by atoms with E-state index in [0.717, 1.165) is 18.2 Å². The van der Waals surface area contributed by atoms with Crippen LogP contribution in [0.25, 0.3) is 0 Å². The molecule has 1 aliphatic rings. The van der Waals surface area contributed by atoms with Crippen LogP contribution in [0.15, 0.2) is 35.7 Å². The first kappa shape index (κ1) is 18.0. The predicted octanol–water partition coefficient (Wildman–Crippen LogP) is 3.29. The Kier molecular flexibility index (Phi) is 5.27. The third kappa shape index (κ3) is 3.88. The molecule has 2 aromatic rings. The summed E-state index contributed by atoms with van der Waals surface area (Å²) >= 11 is 1.37. The van der Waals surface area contributed by atoms with E-state index >= 15 is 0 Å². The highest BCUT2D eigenvalue weighted by molar-refractivity contribution is 7.12. The fourth-order valence-corrected chi connectivity index (χ4v) is 3.55. The molecule has 3 rings (SSSR count). The van der Waals surface area contributed by atoms with Crippen molar-refractivity contribution in [2.45, 2.75) is 12.8 Å². The molecule has 0 unspecified atom stereocenters. The molecular weight excluding hydrogens is 361 g/mol. The van der Waals surface area contributed by atoms with Crippen molar-refractivity contribution < 1.29 is 18.9 Å². The zero-order valence-electron chi connectivity index (χ0n) is 13.7. The second-order valence-electron chi connectivity index (χ2n) is 5.95. The molecule has 1 aliphatic heterocycles. The number of nitro groups is 1. The summed E-state index contributed by atoms with van der Waals surface area (Å²) in [6, 6.07) is 6.57. The number of likely N-dealkylation sites (tertiary alicyclic amines) is 1. The van der Waals surface area contributed by atoms with Gasteiger partial charge in [0.2, 0.25) is 5.91 Å². The van der Waals surface area contributed by atoms with Crippen molar-refractivity contribution in [2.24, 2.45) is 5.92 Å². The fourth-order valence-electron chi connectivity index (χ4n) is 2.86. The topological polar surface area (TPSA) is 92.5 Å². The molecule has 0 saturated carbocycles. The van der Waals surface area contributed by atoms with Crippen molar-refractivity contribution in [3.63, 3.8) is 0 Å². The summed E-state index contributed by atoms with van der Waals surface area (Å²) in [5.41, 5.74) is -0.501. The van der Waals surface area contributed by atoms with Gasteiger partial charge in [-0.05, 0) is 30.4 Å². The second-order valence-corrected chi connectivity index (χ2v) is 6.90. The number of benzene rings is 1. The van der Waals surface area contributed by atoms with Gasteiger partial charge in [-0.1, -0.05) is 6.07 Å². The number of anilines is 1. The largest absolute Gasteiger partial charge is 0.338 e. The number of piperidine rings is 1. The molecule has 9 heteroatoms. The van der Waals surface area contributed by atoms with Crippen molar-refractivity contribution in [3.05, 3.63) is 56.5 Å². The number of carbonyl (C=O) groups excluding carboxylic acids is 2. The SMILES string of the molecule is O=C(Nc1cc([N+](=O)[O-])ccc1F)C1CCN(C(=O)c2cccs2)CC1. The van der Waals surface area contributed by atoms with E-state index in [9.17, 15) is 24.1 Å². The van der Waals surface area contributed by atoms with Crippen LogP contribution < -0.4 is 5.32 Å². The van der Waals surface area contributed by atoms with E-state index in [4.69, 9.17) is 0 Å². The van der Waals surface area contributed by atoms with Gasteiger partial charge in [-0.3, -0.25) is 19.7 Å². The van der Waals surface area contributed by atoms with Crippen LogP contribution in [-0.4, -0.2) is 34.7 Å². The van der Waals surface area contributed by atoms with Gasteiger partial charge in [-0.25, -0.2) is 4.39 Å². The maximum Gasteiger partial charge on any atom is 0.271 e. The van der Waals surface area contributed by atoms with Crippen LogP contribution in [0.3, 0.4) is 0 Å². The number of thiophene rings is 1. The average Bonchev–Trinajstić information content (AvgIpc) is 3.17. The first-order valence-corrected chi connectivity index (χ1v) is 8.91. The number of halogens is 1. The molecule has 1 aromatic carbocycles.